The Kier molecular flexibility index (Phi) is 5.65. The molecule has 0 fully saturated rings. The minimum absolute atomic E-state index is 0.115. The first-order chi connectivity index (χ1) is 12.9. The van der Waals surface area contributed by atoms with Crippen LogP contribution in [-0.2, 0) is 23.8 Å². The molecule has 1 amide bonds. The van der Waals surface area contributed by atoms with E-state index in [9.17, 15) is 18.4 Å². The predicted molar refractivity (Wildman–Crippen MR) is 91.6 cm³/mol. The summed E-state index contributed by atoms with van der Waals surface area (Å²) >= 11 is 1.09. The highest BCUT2D eigenvalue weighted by molar-refractivity contribution is 7.14. The van der Waals surface area contributed by atoms with Crippen LogP contribution in [0.1, 0.15) is 6.92 Å². The van der Waals surface area contributed by atoms with Gasteiger partial charge in [0.15, 0.2) is 22.9 Å². The summed E-state index contributed by atoms with van der Waals surface area (Å²) in [5.41, 5.74) is 0.739. The summed E-state index contributed by atoms with van der Waals surface area (Å²) in [6.45, 7) is 1.94. The van der Waals surface area contributed by atoms with Crippen LogP contribution < -0.4 is 5.32 Å². The molecule has 0 saturated heterocycles. The zero-order chi connectivity index (χ0) is 19.4. The number of esters is 1. The first-order valence-corrected chi connectivity index (χ1v) is 8.69. The van der Waals surface area contributed by atoms with Gasteiger partial charge in [-0.2, -0.15) is 0 Å². The molecule has 10 heteroatoms. The SMILES string of the molecule is CC(OC(=O)C1=COCCO1)C(=O)Nc1nc(-c2ccc(F)c(F)c2)cs1. The first kappa shape index (κ1) is 18.8. The van der Waals surface area contributed by atoms with Gasteiger partial charge in [-0.3, -0.25) is 10.1 Å². The number of carbonyl (C=O) groups is 2. The van der Waals surface area contributed by atoms with E-state index in [4.69, 9.17) is 14.2 Å². The van der Waals surface area contributed by atoms with Gasteiger partial charge in [-0.1, -0.05) is 0 Å². The number of hydrogen-bond donors (Lipinski definition) is 1. The molecule has 2 aromatic rings. The van der Waals surface area contributed by atoms with Crippen molar-refractivity contribution in [1.29, 1.82) is 0 Å². The zero-order valence-corrected chi connectivity index (χ0v) is 14.8. The fourth-order valence-electron chi connectivity index (χ4n) is 2.07. The highest BCUT2D eigenvalue weighted by atomic mass is 32.1. The third-order valence-electron chi connectivity index (χ3n) is 3.45. The van der Waals surface area contributed by atoms with Crippen molar-refractivity contribution in [1.82, 2.24) is 4.98 Å². The number of anilines is 1. The first-order valence-electron chi connectivity index (χ1n) is 7.81. The number of nitrogens with one attached hydrogen (secondary N) is 1. The number of carbonyl (C=O) groups excluding carboxylic acids is 2. The van der Waals surface area contributed by atoms with E-state index in [0.717, 1.165) is 29.7 Å². The Bertz CT molecular complexity index is 899. The molecule has 1 aromatic heterocycles. The number of benzene rings is 1. The summed E-state index contributed by atoms with van der Waals surface area (Å²) in [5.74, 6) is -3.49. The summed E-state index contributed by atoms with van der Waals surface area (Å²) in [4.78, 5) is 28.2. The molecule has 1 aliphatic heterocycles. The lowest BCUT2D eigenvalue weighted by Gasteiger charge is -2.17. The van der Waals surface area contributed by atoms with Gasteiger partial charge in [-0.15, -0.1) is 11.3 Å². The maximum atomic E-state index is 13.3. The van der Waals surface area contributed by atoms with Crippen LogP contribution in [-0.4, -0.2) is 36.2 Å². The van der Waals surface area contributed by atoms with Gasteiger partial charge >= 0.3 is 5.97 Å². The van der Waals surface area contributed by atoms with Crippen LogP contribution in [0.25, 0.3) is 11.3 Å². The van der Waals surface area contributed by atoms with Gasteiger partial charge in [0.1, 0.15) is 19.5 Å². The third-order valence-corrected chi connectivity index (χ3v) is 4.21. The lowest BCUT2D eigenvalue weighted by molar-refractivity contribution is -0.153. The van der Waals surface area contributed by atoms with E-state index < -0.39 is 29.6 Å². The molecule has 1 aliphatic rings. The van der Waals surface area contributed by atoms with E-state index in [0.29, 0.717) is 17.9 Å². The topological polar surface area (TPSA) is 86.8 Å². The van der Waals surface area contributed by atoms with Crippen molar-refractivity contribution in [2.24, 2.45) is 0 Å². The molecule has 0 saturated carbocycles. The number of nitrogens with zero attached hydrogens (tertiary/aromatic N) is 1. The minimum Gasteiger partial charge on any atom is -0.493 e. The Labute approximate surface area is 156 Å². The van der Waals surface area contributed by atoms with Crippen molar-refractivity contribution in [3.63, 3.8) is 0 Å². The van der Waals surface area contributed by atoms with Crippen LogP contribution in [0, 0.1) is 11.6 Å². The smallest absolute Gasteiger partial charge is 0.377 e. The average molecular weight is 396 g/mol. The highest BCUT2D eigenvalue weighted by Gasteiger charge is 2.24. The van der Waals surface area contributed by atoms with Crippen molar-refractivity contribution in [3.8, 4) is 11.3 Å². The molecule has 0 radical (unpaired) electrons. The molecule has 142 valence electrons. The molecular formula is C17H14F2N2O5S. The van der Waals surface area contributed by atoms with Crippen LogP contribution in [0.3, 0.4) is 0 Å². The van der Waals surface area contributed by atoms with Crippen LogP contribution in [0.2, 0.25) is 0 Å². The Morgan fingerprint density at radius 1 is 1.30 bits per heavy atom. The Morgan fingerprint density at radius 2 is 2.11 bits per heavy atom. The molecular weight excluding hydrogens is 382 g/mol. The second kappa shape index (κ2) is 8.12. The van der Waals surface area contributed by atoms with Gasteiger partial charge in [0, 0.05) is 10.9 Å². The van der Waals surface area contributed by atoms with Gasteiger partial charge in [-0.25, -0.2) is 18.6 Å². The monoisotopic (exact) mass is 396 g/mol. The van der Waals surface area contributed by atoms with Crippen LogP contribution in [0.4, 0.5) is 13.9 Å². The lowest BCUT2D eigenvalue weighted by atomic mass is 10.2. The second-order valence-electron chi connectivity index (χ2n) is 5.40. The number of rotatable bonds is 5. The molecule has 7 nitrogen and oxygen atoms in total. The highest BCUT2D eigenvalue weighted by Crippen LogP contribution is 2.26. The van der Waals surface area contributed by atoms with E-state index in [2.05, 4.69) is 10.3 Å². The number of ether oxygens (including phenoxy) is 3. The Balaban J connectivity index is 1.60. The van der Waals surface area contributed by atoms with E-state index in [1.165, 1.54) is 13.0 Å². The molecule has 0 aliphatic carbocycles. The summed E-state index contributed by atoms with van der Waals surface area (Å²) in [5, 5.41) is 4.30. The number of halogens is 2. The van der Waals surface area contributed by atoms with Gasteiger partial charge in [0.2, 0.25) is 5.76 Å². The standard InChI is InChI=1S/C17H14F2N2O5S/c1-9(26-16(23)14-7-24-4-5-25-14)15(22)21-17-20-13(8-27-17)10-2-3-11(18)12(19)6-10/h2-3,6-9H,4-5H2,1H3,(H,20,21,22). The van der Waals surface area contributed by atoms with Crippen LogP contribution >= 0.6 is 11.3 Å². The summed E-state index contributed by atoms with van der Waals surface area (Å²) in [7, 11) is 0. The molecule has 27 heavy (non-hydrogen) atoms. The summed E-state index contributed by atoms with van der Waals surface area (Å²) in [6.07, 6.45) is 0.0188. The number of aromatic nitrogens is 1. The van der Waals surface area contributed by atoms with Gasteiger partial charge < -0.3 is 14.2 Å². The quantitative estimate of drug-likeness (QED) is 0.782. The average Bonchev–Trinajstić information content (AvgIpc) is 3.13. The molecule has 0 spiro atoms. The molecule has 1 unspecified atom stereocenters. The van der Waals surface area contributed by atoms with E-state index in [1.807, 2.05) is 0 Å². The number of thiazole rings is 1. The van der Waals surface area contributed by atoms with E-state index in [-0.39, 0.29) is 17.5 Å². The number of amides is 1. The molecule has 1 N–H and O–H groups in total. The zero-order valence-electron chi connectivity index (χ0n) is 14.0. The van der Waals surface area contributed by atoms with E-state index >= 15 is 0 Å². The van der Waals surface area contributed by atoms with E-state index in [1.54, 1.807) is 5.38 Å². The van der Waals surface area contributed by atoms with Gasteiger partial charge in [0.05, 0.1) is 5.69 Å². The van der Waals surface area contributed by atoms with Crippen LogP contribution in [0.5, 0.6) is 0 Å². The predicted octanol–water partition coefficient (Wildman–Crippen LogP) is 2.85. The van der Waals surface area contributed by atoms with Crippen molar-refractivity contribution in [3.05, 3.63) is 47.2 Å². The summed E-state index contributed by atoms with van der Waals surface area (Å²) in [6, 6.07) is 3.39. The van der Waals surface area contributed by atoms with Crippen LogP contribution in [0.15, 0.2) is 35.6 Å². The molecule has 2 heterocycles. The fraction of sp³-hybridized carbons (Fsp3) is 0.235. The molecule has 3 rings (SSSR count). The second-order valence-corrected chi connectivity index (χ2v) is 6.26. The van der Waals surface area contributed by atoms with Crippen molar-refractivity contribution < 1.29 is 32.6 Å². The molecule has 0 bridgehead atoms. The minimum atomic E-state index is -1.11. The van der Waals surface area contributed by atoms with Crippen molar-refractivity contribution in [2.45, 2.75) is 13.0 Å². The fourth-order valence-corrected chi connectivity index (χ4v) is 2.80. The summed E-state index contributed by atoms with van der Waals surface area (Å²) < 4.78 is 41.4. The molecule has 1 atom stereocenters. The largest absolute Gasteiger partial charge is 0.493 e. The van der Waals surface area contributed by atoms with Crippen molar-refractivity contribution in [2.75, 3.05) is 18.5 Å². The number of hydrogen-bond acceptors (Lipinski definition) is 7. The Morgan fingerprint density at radius 3 is 2.81 bits per heavy atom. The normalized spacial score (nSPS) is 14.4. The maximum Gasteiger partial charge on any atom is 0.377 e. The van der Waals surface area contributed by atoms with Gasteiger partial charge in [0.25, 0.3) is 5.91 Å². The maximum absolute atomic E-state index is 13.3. The molecule has 1 aromatic carbocycles. The Hall–Kier alpha value is -3.01. The van der Waals surface area contributed by atoms with Gasteiger partial charge in [-0.05, 0) is 25.1 Å². The van der Waals surface area contributed by atoms with Crippen molar-refractivity contribution >= 4 is 28.3 Å². The third kappa shape index (κ3) is 4.59. The lowest BCUT2D eigenvalue weighted by Crippen LogP contribution is -2.31.